The van der Waals surface area contributed by atoms with E-state index in [4.69, 9.17) is 27.7 Å². The third kappa shape index (κ3) is 2.73. The maximum atomic E-state index is 12.5. The number of benzene rings is 1. The van der Waals surface area contributed by atoms with Gasteiger partial charge in [-0.15, -0.1) is 0 Å². The standard InChI is InChI=1S/C12H12ClN3O4S/c13-9-5-8(6-14)1-2-10(9)21(19,20)16-4-3-12(15,7-16)11(17)18/h1-2,5H,3-4,7,15H2,(H,17,18). The van der Waals surface area contributed by atoms with Gasteiger partial charge in [-0.25, -0.2) is 8.42 Å². The zero-order valence-electron chi connectivity index (χ0n) is 10.8. The molecule has 1 aliphatic rings. The average molecular weight is 330 g/mol. The number of hydrogen-bond donors (Lipinski definition) is 2. The number of carbonyl (C=O) groups is 1. The van der Waals surface area contributed by atoms with E-state index in [1.54, 1.807) is 0 Å². The van der Waals surface area contributed by atoms with E-state index in [9.17, 15) is 13.2 Å². The molecule has 1 heterocycles. The van der Waals surface area contributed by atoms with Gasteiger partial charge in [0.25, 0.3) is 0 Å². The smallest absolute Gasteiger partial charge is 0.325 e. The molecule has 3 N–H and O–H groups in total. The highest BCUT2D eigenvalue weighted by atomic mass is 35.5. The monoisotopic (exact) mass is 329 g/mol. The summed E-state index contributed by atoms with van der Waals surface area (Å²) in [7, 11) is -3.95. The lowest BCUT2D eigenvalue weighted by atomic mass is 10.0. The van der Waals surface area contributed by atoms with Crippen molar-refractivity contribution in [3.8, 4) is 6.07 Å². The second-order valence-electron chi connectivity index (χ2n) is 4.81. The van der Waals surface area contributed by atoms with E-state index >= 15 is 0 Å². The molecule has 1 fully saturated rings. The summed E-state index contributed by atoms with van der Waals surface area (Å²) >= 11 is 5.90. The number of carboxylic acid groups (broad SMARTS) is 1. The van der Waals surface area contributed by atoms with Gasteiger partial charge >= 0.3 is 5.97 Å². The highest BCUT2D eigenvalue weighted by molar-refractivity contribution is 7.89. The molecule has 1 saturated heterocycles. The topological polar surface area (TPSA) is 124 Å². The van der Waals surface area contributed by atoms with Crippen LogP contribution in [0.4, 0.5) is 0 Å². The van der Waals surface area contributed by atoms with Crippen molar-refractivity contribution >= 4 is 27.6 Å². The summed E-state index contributed by atoms with van der Waals surface area (Å²) < 4.78 is 25.9. The molecule has 1 atom stereocenters. The van der Waals surface area contributed by atoms with E-state index in [1.807, 2.05) is 6.07 Å². The van der Waals surface area contributed by atoms with E-state index in [0.717, 1.165) is 4.31 Å². The van der Waals surface area contributed by atoms with Gasteiger partial charge in [0.05, 0.1) is 16.7 Å². The Hall–Kier alpha value is -1.66. The van der Waals surface area contributed by atoms with Gasteiger partial charge in [-0.1, -0.05) is 11.6 Å². The van der Waals surface area contributed by atoms with Crippen LogP contribution in [-0.4, -0.2) is 42.4 Å². The third-order valence-electron chi connectivity index (χ3n) is 3.37. The van der Waals surface area contributed by atoms with Gasteiger partial charge < -0.3 is 10.8 Å². The van der Waals surface area contributed by atoms with E-state index in [0.29, 0.717) is 0 Å². The summed E-state index contributed by atoms with van der Waals surface area (Å²) in [5, 5.41) is 17.7. The molecule has 112 valence electrons. The average Bonchev–Trinajstić information content (AvgIpc) is 2.83. The fourth-order valence-corrected chi connectivity index (χ4v) is 4.12. The molecule has 0 bridgehead atoms. The van der Waals surface area contributed by atoms with Crippen molar-refractivity contribution in [3.05, 3.63) is 28.8 Å². The van der Waals surface area contributed by atoms with Gasteiger partial charge in [-0.3, -0.25) is 4.79 Å². The first-order valence-corrected chi connectivity index (χ1v) is 7.74. The van der Waals surface area contributed by atoms with Crippen LogP contribution >= 0.6 is 11.6 Å². The highest BCUT2D eigenvalue weighted by Crippen LogP contribution is 2.30. The zero-order chi connectivity index (χ0) is 15.8. The van der Waals surface area contributed by atoms with Gasteiger partial charge in [-0.2, -0.15) is 9.57 Å². The van der Waals surface area contributed by atoms with Crippen LogP contribution in [0.3, 0.4) is 0 Å². The lowest BCUT2D eigenvalue weighted by Gasteiger charge is -2.20. The minimum Gasteiger partial charge on any atom is -0.480 e. The first kappa shape index (κ1) is 15.7. The largest absolute Gasteiger partial charge is 0.480 e. The fraction of sp³-hybridized carbons (Fsp3) is 0.333. The van der Waals surface area contributed by atoms with Crippen molar-refractivity contribution in [1.82, 2.24) is 4.31 Å². The summed E-state index contributed by atoms with van der Waals surface area (Å²) in [6, 6.07) is 5.67. The van der Waals surface area contributed by atoms with E-state index in [2.05, 4.69) is 0 Å². The number of halogens is 1. The predicted molar refractivity (Wildman–Crippen MR) is 74.1 cm³/mol. The number of rotatable bonds is 3. The Labute approximate surface area is 126 Å². The van der Waals surface area contributed by atoms with Crippen molar-refractivity contribution in [2.75, 3.05) is 13.1 Å². The predicted octanol–water partition coefficient (Wildman–Crippen LogP) is 0.388. The minimum absolute atomic E-state index is 0.00145. The number of aliphatic carboxylic acids is 1. The molecule has 1 aliphatic heterocycles. The third-order valence-corrected chi connectivity index (χ3v) is 5.70. The lowest BCUT2D eigenvalue weighted by Crippen LogP contribution is -2.50. The van der Waals surface area contributed by atoms with Gasteiger partial charge in [0.15, 0.2) is 0 Å². The molecule has 0 saturated carbocycles. The summed E-state index contributed by atoms with van der Waals surface area (Å²) in [6.45, 7) is -0.317. The number of carboxylic acids is 1. The molecule has 1 unspecified atom stereocenters. The van der Waals surface area contributed by atoms with Crippen molar-refractivity contribution < 1.29 is 18.3 Å². The van der Waals surface area contributed by atoms with Crippen molar-refractivity contribution in [2.24, 2.45) is 5.73 Å². The normalized spacial score (nSPS) is 22.9. The maximum absolute atomic E-state index is 12.5. The van der Waals surface area contributed by atoms with Crippen LogP contribution in [0.15, 0.2) is 23.1 Å². The lowest BCUT2D eigenvalue weighted by molar-refractivity contribution is -0.142. The van der Waals surface area contributed by atoms with Crippen LogP contribution in [0.5, 0.6) is 0 Å². The fourth-order valence-electron chi connectivity index (χ4n) is 2.10. The molecule has 0 aromatic heterocycles. The second kappa shape index (κ2) is 5.27. The van der Waals surface area contributed by atoms with E-state index in [-0.39, 0.29) is 35.0 Å². The zero-order valence-corrected chi connectivity index (χ0v) is 12.4. The Morgan fingerprint density at radius 1 is 1.52 bits per heavy atom. The number of nitrogens with two attached hydrogens (primary N) is 1. The summed E-state index contributed by atoms with van der Waals surface area (Å²) in [5.41, 5.74) is 4.31. The van der Waals surface area contributed by atoms with Gasteiger partial charge in [0.2, 0.25) is 10.0 Å². The molecule has 0 amide bonds. The van der Waals surface area contributed by atoms with Crippen molar-refractivity contribution in [2.45, 2.75) is 16.9 Å². The minimum atomic E-state index is -3.95. The molecule has 1 aromatic rings. The summed E-state index contributed by atoms with van der Waals surface area (Å²) in [4.78, 5) is 10.9. The molecular formula is C12H12ClN3O4S. The number of nitrogens with zero attached hydrogens (tertiary/aromatic N) is 2. The van der Waals surface area contributed by atoms with Crippen molar-refractivity contribution in [3.63, 3.8) is 0 Å². The van der Waals surface area contributed by atoms with Crippen molar-refractivity contribution in [1.29, 1.82) is 5.26 Å². The Morgan fingerprint density at radius 3 is 2.67 bits per heavy atom. The number of nitriles is 1. The van der Waals surface area contributed by atoms with E-state index < -0.39 is 21.5 Å². The number of hydrogen-bond acceptors (Lipinski definition) is 5. The first-order chi connectivity index (χ1) is 9.70. The Morgan fingerprint density at radius 2 is 2.19 bits per heavy atom. The van der Waals surface area contributed by atoms with Crippen LogP contribution in [-0.2, 0) is 14.8 Å². The summed E-state index contributed by atoms with van der Waals surface area (Å²) in [5.74, 6) is -1.24. The Bertz CT molecular complexity index is 743. The Kier molecular flexibility index (Phi) is 3.95. The van der Waals surface area contributed by atoms with Crippen LogP contribution in [0.1, 0.15) is 12.0 Å². The molecule has 9 heteroatoms. The number of sulfonamides is 1. The van der Waals surface area contributed by atoms with Crippen LogP contribution in [0.2, 0.25) is 5.02 Å². The molecule has 21 heavy (non-hydrogen) atoms. The van der Waals surface area contributed by atoms with Gasteiger partial charge in [0, 0.05) is 13.1 Å². The van der Waals surface area contributed by atoms with Crippen LogP contribution in [0.25, 0.3) is 0 Å². The molecular weight excluding hydrogens is 318 g/mol. The SMILES string of the molecule is N#Cc1ccc(S(=O)(=O)N2CCC(N)(C(=O)O)C2)c(Cl)c1. The molecule has 0 spiro atoms. The van der Waals surface area contributed by atoms with Gasteiger partial charge in [0.1, 0.15) is 10.4 Å². The molecule has 7 nitrogen and oxygen atoms in total. The quantitative estimate of drug-likeness (QED) is 0.826. The Balaban J connectivity index is 2.37. The molecule has 0 aliphatic carbocycles. The second-order valence-corrected chi connectivity index (χ2v) is 7.12. The maximum Gasteiger partial charge on any atom is 0.325 e. The van der Waals surface area contributed by atoms with E-state index in [1.165, 1.54) is 18.2 Å². The summed E-state index contributed by atoms with van der Waals surface area (Å²) in [6.07, 6.45) is 0.0233. The highest BCUT2D eigenvalue weighted by Gasteiger charge is 2.46. The van der Waals surface area contributed by atoms with Crippen LogP contribution < -0.4 is 5.73 Å². The molecule has 0 radical (unpaired) electrons. The molecule has 2 rings (SSSR count). The first-order valence-electron chi connectivity index (χ1n) is 5.93. The van der Waals surface area contributed by atoms with Gasteiger partial charge in [-0.05, 0) is 24.6 Å². The molecule has 1 aromatic carbocycles. The van der Waals surface area contributed by atoms with Crippen LogP contribution in [0, 0.1) is 11.3 Å².